The number of carbonyl (C=O) groups excluding carboxylic acids is 5. The van der Waals surface area contributed by atoms with E-state index in [-0.39, 0.29) is 40.3 Å². The highest BCUT2D eigenvalue weighted by atomic mass is 16.5. The molecule has 8 nitrogen and oxygen atoms in total. The van der Waals surface area contributed by atoms with Crippen LogP contribution >= 0.6 is 0 Å². The molecule has 0 aromatic heterocycles. The Morgan fingerprint density at radius 3 is 2.18 bits per heavy atom. The van der Waals surface area contributed by atoms with Crippen molar-refractivity contribution in [2.75, 3.05) is 11.5 Å². The fourth-order valence-electron chi connectivity index (χ4n) is 4.00. The van der Waals surface area contributed by atoms with E-state index in [1.807, 2.05) is 13.8 Å². The fourth-order valence-corrected chi connectivity index (χ4v) is 4.00. The van der Waals surface area contributed by atoms with Crippen molar-refractivity contribution < 1.29 is 33.4 Å². The number of imide groups is 1. The van der Waals surface area contributed by atoms with Gasteiger partial charge >= 0.3 is 11.9 Å². The number of Topliss-reactive ketones (excluding diaryl/α,β-unsaturated/α-hetero) is 1. The van der Waals surface area contributed by atoms with Gasteiger partial charge in [-0.05, 0) is 56.7 Å². The number of unbranched alkanes of at least 4 members (excludes halogenated alkanes) is 1. The molecule has 0 aliphatic carbocycles. The second-order valence-electron chi connectivity index (χ2n) is 9.02. The fraction of sp³-hybridized carbons (Fsp3) is 0.233. The molecule has 4 rings (SSSR count). The van der Waals surface area contributed by atoms with Gasteiger partial charge < -0.3 is 9.47 Å². The van der Waals surface area contributed by atoms with Crippen molar-refractivity contribution >= 4 is 35.2 Å². The zero-order chi connectivity index (χ0) is 27.4. The number of aryl methyl sites for hydroxylation is 1. The molecule has 0 bridgehead atoms. The minimum atomic E-state index is -1.05. The first kappa shape index (κ1) is 26.5. The van der Waals surface area contributed by atoms with Crippen LogP contribution in [-0.2, 0) is 9.47 Å². The van der Waals surface area contributed by atoms with Crippen LogP contribution in [0.15, 0.2) is 66.7 Å². The Labute approximate surface area is 220 Å². The van der Waals surface area contributed by atoms with Gasteiger partial charge in [-0.2, -0.15) is 0 Å². The maximum atomic E-state index is 13.2. The summed E-state index contributed by atoms with van der Waals surface area (Å²) >= 11 is 0. The van der Waals surface area contributed by atoms with E-state index in [1.165, 1.54) is 37.3 Å². The number of amides is 2. The summed E-state index contributed by atoms with van der Waals surface area (Å²) in [4.78, 5) is 65.0. The Balaban J connectivity index is 1.50. The summed E-state index contributed by atoms with van der Waals surface area (Å²) in [5, 5.41) is 0. The topological polar surface area (TPSA) is 107 Å². The van der Waals surface area contributed by atoms with Gasteiger partial charge in [0.2, 0.25) is 5.78 Å². The van der Waals surface area contributed by atoms with Crippen molar-refractivity contribution in [2.24, 2.45) is 0 Å². The van der Waals surface area contributed by atoms with Crippen LogP contribution in [0.4, 0.5) is 5.69 Å². The highest BCUT2D eigenvalue weighted by molar-refractivity contribution is 6.34. The lowest BCUT2D eigenvalue weighted by molar-refractivity contribution is 0.0318. The van der Waals surface area contributed by atoms with Crippen LogP contribution in [0.1, 0.15) is 84.0 Å². The van der Waals surface area contributed by atoms with Crippen LogP contribution < -0.4 is 4.90 Å². The number of hydrogen-bond acceptors (Lipinski definition) is 7. The Kier molecular flexibility index (Phi) is 7.81. The molecule has 0 radical (unpaired) electrons. The SMILES string of the molecule is CCCCOC(=O)c1cccc(N2C(=O)c3ccc(C(=O)O[C@@H](C)C(=O)c4ccc(C)cc4)cc3C2=O)c1. The number of hydrogen-bond donors (Lipinski definition) is 0. The Morgan fingerprint density at radius 1 is 0.816 bits per heavy atom. The molecule has 1 heterocycles. The third-order valence-corrected chi connectivity index (χ3v) is 6.18. The van der Waals surface area contributed by atoms with Gasteiger partial charge in [-0.1, -0.05) is 49.2 Å². The molecule has 1 aliphatic heterocycles. The average Bonchev–Trinajstić information content (AvgIpc) is 3.17. The summed E-state index contributed by atoms with van der Waals surface area (Å²) in [5.41, 5.74) is 2.01. The number of ketones is 1. The Morgan fingerprint density at radius 2 is 1.47 bits per heavy atom. The van der Waals surface area contributed by atoms with Crippen LogP contribution in [0.2, 0.25) is 0 Å². The highest BCUT2D eigenvalue weighted by Gasteiger charge is 2.37. The smallest absolute Gasteiger partial charge is 0.338 e. The minimum absolute atomic E-state index is 0.0258. The number of fused-ring (bicyclic) bond motifs is 1. The van der Waals surface area contributed by atoms with Gasteiger partial charge in [0.05, 0.1) is 34.5 Å². The van der Waals surface area contributed by atoms with E-state index in [0.717, 1.165) is 23.3 Å². The number of ether oxygens (including phenoxy) is 2. The van der Waals surface area contributed by atoms with Gasteiger partial charge in [0, 0.05) is 5.56 Å². The van der Waals surface area contributed by atoms with E-state index in [2.05, 4.69) is 0 Å². The number of benzene rings is 3. The van der Waals surface area contributed by atoms with Crippen LogP contribution in [0.5, 0.6) is 0 Å². The van der Waals surface area contributed by atoms with Gasteiger partial charge in [0.1, 0.15) is 0 Å². The predicted molar refractivity (Wildman–Crippen MR) is 140 cm³/mol. The lowest BCUT2D eigenvalue weighted by Crippen LogP contribution is -2.29. The summed E-state index contributed by atoms with van der Waals surface area (Å²) < 4.78 is 10.6. The van der Waals surface area contributed by atoms with Gasteiger partial charge in [0.25, 0.3) is 11.8 Å². The summed E-state index contributed by atoms with van der Waals surface area (Å²) in [6.07, 6.45) is 0.556. The van der Waals surface area contributed by atoms with Crippen molar-refractivity contribution in [2.45, 2.75) is 39.7 Å². The normalized spacial score (nSPS) is 13.2. The van der Waals surface area contributed by atoms with Gasteiger partial charge in [-0.15, -0.1) is 0 Å². The zero-order valence-corrected chi connectivity index (χ0v) is 21.4. The Hall–Kier alpha value is -4.59. The molecular formula is C30H27NO7. The molecule has 0 fully saturated rings. The van der Waals surface area contributed by atoms with Crippen molar-refractivity contribution in [1.29, 1.82) is 0 Å². The van der Waals surface area contributed by atoms with E-state index in [0.29, 0.717) is 5.56 Å². The summed E-state index contributed by atoms with van der Waals surface area (Å²) in [7, 11) is 0. The number of carbonyl (C=O) groups is 5. The monoisotopic (exact) mass is 513 g/mol. The molecule has 1 aliphatic rings. The van der Waals surface area contributed by atoms with Gasteiger partial charge in [0.15, 0.2) is 6.10 Å². The zero-order valence-electron chi connectivity index (χ0n) is 21.4. The van der Waals surface area contributed by atoms with E-state index in [4.69, 9.17) is 9.47 Å². The largest absolute Gasteiger partial charge is 0.462 e. The molecule has 8 heteroatoms. The molecule has 3 aromatic rings. The molecule has 0 saturated heterocycles. The summed E-state index contributed by atoms with van der Waals surface area (Å²) in [6.45, 7) is 5.64. The number of esters is 2. The standard InChI is InChI=1S/C30H27NO7/c1-4-5-15-37-29(35)21-7-6-8-23(16-21)31-27(33)24-14-13-22(17-25(24)28(31)34)30(36)38-19(3)26(32)20-11-9-18(2)10-12-20/h6-14,16-17,19H,4-5,15H2,1-3H3/t19-/m0/s1. The Bertz CT molecular complexity index is 1420. The molecule has 0 unspecified atom stereocenters. The van der Waals surface area contributed by atoms with Crippen LogP contribution in [0.25, 0.3) is 0 Å². The molecule has 0 spiro atoms. The molecule has 2 amide bonds. The van der Waals surface area contributed by atoms with Crippen molar-refractivity contribution in [3.8, 4) is 0 Å². The second-order valence-corrected chi connectivity index (χ2v) is 9.02. The van der Waals surface area contributed by atoms with Crippen LogP contribution in [0, 0.1) is 6.92 Å². The van der Waals surface area contributed by atoms with E-state index >= 15 is 0 Å². The van der Waals surface area contributed by atoms with Crippen molar-refractivity contribution in [3.05, 3.63) is 100 Å². The molecule has 1 atom stereocenters. The van der Waals surface area contributed by atoms with E-state index in [9.17, 15) is 24.0 Å². The van der Waals surface area contributed by atoms with Crippen LogP contribution in [0.3, 0.4) is 0 Å². The average molecular weight is 514 g/mol. The van der Waals surface area contributed by atoms with E-state index < -0.39 is 29.9 Å². The summed E-state index contributed by atoms with van der Waals surface area (Å²) in [5.74, 6) is -2.91. The number of nitrogens with zero attached hydrogens (tertiary/aromatic N) is 1. The highest BCUT2D eigenvalue weighted by Crippen LogP contribution is 2.30. The minimum Gasteiger partial charge on any atom is -0.462 e. The quantitative estimate of drug-likeness (QED) is 0.168. The maximum absolute atomic E-state index is 13.2. The molecular weight excluding hydrogens is 486 g/mol. The van der Waals surface area contributed by atoms with Gasteiger partial charge in [-0.3, -0.25) is 14.4 Å². The lowest BCUT2D eigenvalue weighted by Gasteiger charge is -2.15. The molecule has 3 aromatic carbocycles. The van der Waals surface area contributed by atoms with Gasteiger partial charge in [-0.25, -0.2) is 14.5 Å². The van der Waals surface area contributed by atoms with Crippen molar-refractivity contribution in [1.82, 2.24) is 0 Å². The third-order valence-electron chi connectivity index (χ3n) is 6.18. The number of rotatable bonds is 9. The van der Waals surface area contributed by atoms with Crippen molar-refractivity contribution in [3.63, 3.8) is 0 Å². The first-order valence-corrected chi connectivity index (χ1v) is 12.3. The molecule has 38 heavy (non-hydrogen) atoms. The predicted octanol–water partition coefficient (Wildman–Crippen LogP) is 5.18. The first-order valence-electron chi connectivity index (χ1n) is 12.3. The van der Waals surface area contributed by atoms with E-state index in [1.54, 1.807) is 36.4 Å². The first-order chi connectivity index (χ1) is 18.2. The second kappa shape index (κ2) is 11.2. The van der Waals surface area contributed by atoms with Crippen LogP contribution in [-0.4, -0.2) is 42.2 Å². The number of anilines is 1. The lowest BCUT2D eigenvalue weighted by atomic mass is 10.0. The third kappa shape index (κ3) is 5.39. The maximum Gasteiger partial charge on any atom is 0.338 e. The molecule has 194 valence electrons. The molecule has 0 saturated carbocycles. The summed E-state index contributed by atoms with van der Waals surface area (Å²) in [6, 6.07) is 17.0. The molecule has 0 N–H and O–H groups in total.